The zero-order valence-electron chi connectivity index (χ0n) is 21.7. The van der Waals surface area contributed by atoms with E-state index in [1.165, 1.54) is 23.1 Å². The minimum Gasteiger partial charge on any atom is -0.434 e. The lowest BCUT2D eigenvalue weighted by Gasteiger charge is -2.27. The van der Waals surface area contributed by atoms with Crippen LogP contribution in [0.2, 0.25) is 5.02 Å². The molecule has 1 saturated carbocycles. The number of benzene rings is 1. The molecule has 1 unspecified atom stereocenters. The van der Waals surface area contributed by atoms with Gasteiger partial charge in [-0.2, -0.15) is 27.1 Å². The first kappa shape index (κ1) is 31.1. The standard InChI is InChI=1S/C25H31ClF5N3O4S/c1-4-34-22(18-10-7-16(11-14(2)25(29,30)31)12-19(18)38-24(27)28)20(26)21(33-34)23(35)32-13-15-5-8-17(9-6-15)39(3,36)37/h7,10,12,14-15,17,24H,4-6,8-9,11,13H2,1-3H3,(H,32,35). The summed E-state index contributed by atoms with van der Waals surface area (Å²) in [5, 5.41) is 6.50. The van der Waals surface area contributed by atoms with Crippen molar-refractivity contribution in [2.45, 2.75) is 70.5 Å². The van der Waals surface area contributed by atoms with Crippen LogP contribution < -0.4 is 10.1 Å². The molecule has 0 aliphatic heterocycles. The van der Waals surface area contributed by atoms with Gasteiger partial charge in [0.1, 0.15) is 15.6 Å². The lowest BCUT2D eigenvalue weighted by Crippen LogP contribution is -2.34. The number of hydrogen-bond acceptors (Lipinski definition) is 5. The summed E-state index contributed by atoms with van der Waals surface area (Å²) >= 11 is 6.52. The number of halogens is 6. The monoisotopic (exact) mass is 599 g/mol. The van der Waals surface area contributed by atoms with E-state index in [0.717, 1.165) is 13.0 Å². The molecule has 3 rings (SSSR count). The lowest BCUT2D eigenvalue weighted by atomic mass is 9.89. The summed E-state index contributed by atoms with van der Waals surface area (Å²) in [5.41, 5.74) is 0.165. The first-order valence-corrected chi connectivity index (χ1v) is 14.8. The molecule has 1 N–H and O–H groups in total. The number of carbonyl (C=O) groups excluding carboxylic acids is 1. The van der Waals surface area contributed by atoms with Crippen LogP contribution in [0.25, 0.3) is 11.3 Å². The number of carbonyl (C=O) groups is 1. The van der Waals surface area contributed by atoms with Gasteiger partial charge in [0.15, 0.2) is 5.69 Å². The largest absolute Gasteiger partial charge is 0.434 e. The topological polar surface area (TPSA) is 90.3 Å². The highest BCUT2D eigenvalue weighted by Crippen LogP contribution is 2.39. The van der Waals surface area contributed by atoms with Crippen LogP contribution in [0.15, 0.2) is 18.2 Å². The summed E-state index contributed by atoms with van der Waals surface area (Å²) in [6, 6.07) is 3.80. The van der Waals surface area contributed by atoms with Gasteiger partial charge in [-0.3, -0.25) is 9.48 Å². The molecule has 0 radical (unpaired) electrons. The number of hydrogen-bond donors (Lipinski definition) is 1. The number of ether oxygens (including phenoxy) is 1. The van der Waals surface area contributed by atoms with E-state index in [9.17, 15) is 35.2 Å². The van der Waals surface area contributed by atoms with Gasteiger partial charge in [0.2, 0.25) is 0 Å². The van der Waals surface area contributed by atoms with Crippen LogP contribution in [0.3, 0.4) is 0 Å². The van der Waals surface area contributed by atoms with Gasteiger partial charge in [0.25, 0.3) is 5.91 Å². The van der Waals surface area contributed by atoms with E-state index in [-0.39, 0.29) is 57.5 Å². The first-order chi connectivity index (χ1) is 18.1. The summed E-state index contributed by atoms with van der Waals surface area (Å²) in [5.74, 6) is -2.60. The summed E-state index contributed by atoms with van der Waals surface area (Å²) < 4.78 is 95.0. The van der Waals surface area contributed by atoms with Gasteiger partial charge in [-0.1, -0.05) is 24.6 Å². The molecular weight excluding hydrogens is 569 g/mol. The Kier molecular flexibility index (Phi) is 9.90. The van der Waals surface area contributed by atoms with E-state index >= 15 is 0 Å². The molecule has 39 heavy (non-hydrogen) atoms. The van der Waals surface area contributed by atoms with Crippen LogP contribution in [0.5, 0.6) is 5.75 Å². The molecule has 1 aliphatic rings. The van der Waals surface area contributed by atoms with E-state index in [1.54, 1.807) is 6.92 Å². The second-order valence-corrected chi connectivity index (χ2v) is 12.6. The lowest BCUT2D eigenvalue weighted by molar-refractivity contribution is -0.169. The Bertz CT molecular complexity index is 1280. The number of amides is 1. The average molecular weight is 600 g/mol. The molecule has 14 heteroatoms. The quantitative estimate of drug-likeness (QED) is 0.344. The molecule has 1 aliphatic carbocycles. The highest BCUT2D eigenvalue weighted by Gasteiger charge is 2.36. The Labute approximate surface area is 229 Å². The number of nitrogens with one attached hydrogen (secondary N) is 1. The van der Waals surface area contributed by atoms with Crippen molar-refractivity contribution in [1.29, 1.82) is 0 Å². The van der Waals surface area contributed by atoms with Crippen LogP contribution in [-0.2, 0) is 22.8 Å². The molecule has 1 aromatic carbocycles. The Hall–Kier alpha value is -2.41. The maximum Gasteiger partial charge on any atom is 0.391 e. The van der Waals surface area contributed by atoms with Crippen molar-refractivity contribution in [1.82, 2.24) is 15.1 Å². The average Bonchev–Trinajstić information content (AvgIpc) is 3.17. The molecule has 2 aromatic rings. The molecule has 7 nitrogen and oxygen atoms in total. The number of aromatic nitrogens is 2. The number of nitrogens with zero attached hydrogens (tertiary/aromatic N) is 2. The Morgan fingerprint density at radius 3 is 2.41 bits per heavy atom. The smallest absolute Gasteiger partial charge is 0.391 e. The Balaban J connectivity index is 1.83. The minimum atomic E-state index is -4.46. The molecule has 0 spiro atoms. The van der Waals surface area contributed by atoms with Crippen LogP contribution in [0.1, 0.15) is 55.6 Å². The van der Waals surface area contributed by atoms with E-state index < -0.39 is 40.9 Å². The highest BCUT2D eigenvalue weighted by molar-refractivity contribution is 7.91. The maximum atomic E-state index is 13.2. The van der Waals surface area contributed by atoms with Crippen LogP contribution in [0, 0.1) is 11.8 Å². The summed E-state index contributed by atoms with van der Waals surface area (Å²) in [4.78, 5) is 13.0. The molecule has 1 aromatic heterocycles. The van der Waals surface area contributed by atoms with Gasteiger partial charge in [-0.15, -0.1) is 0 Å². The van der Waals surface area contributed by atoms with Crippen molar-refractivity contribution in [3.63, 3.8) is 0 Å². The van der Waals surface area contributed by atoms with E-state index in [2.05, 4.69) is 15.2 Å². The van der Waals surface area contributed by atoms with Gasteiger partial charge in [0, 0.05) is 24.9 Å². The number of aryl methyl sites for hydroxylation is 1. The molecular formula is C25H31ClF5N3O4S. The number of alkyl halides is 5. The summed E-state index contributed by atoms with van der Waals surface area (Å²) in [6.07, 6.45) is -1.38. The third-order valence-corrected chi connectivity index (χ3v) is 9.02. The second kappa shape index (κ2) is 12.4. The molecule has 1 atom stereocenters. The van der Waals surface area contributed by atoms with E-state index in [4.69, 9.17) is 11.6 Å². The summed E-state index contributed by atoms with van der Waals surface area (Å²) in [6.45, 7) is -0.0736. The third-order valence-electron chi connectivity index (χ3n) is 6.98. The van der Waals surface area contributed by atoms with Crippen molar-refractivity contribution in [3.05, 3.63) is 34.5 Å². The first-order valence-electron chi connectivity index (χ1n) is 12.5. The van der Waals surface area contributed by atoms with Gasteiger partial charge < -0.3 is 10.1 Å². The van der Waals surface area contributed by atoms with Gasteiger partial charge in [-0.25, -0.2) is 8.42 Å². The van der Waals surface area contributed by atoms with Gasteiger partial charge in [0.05, 0.1) is 21.9 Å². The molecule has 1 amide bonds. The van der Waals surface area contributed by atoms with Crippen molar-refractivity contribution < 1.29 is 39.9 Å². The predicted octanol–water partition coefficient (Wildman–Crippen LogP) is 5.90. The Morgan fingerprint density at radius 1 is 1.23 bits per heavy atom. The third kappa shape index (κ3) is 7.84. The van der Waals surface area contributed by atoms with Crippen LogP contribution >= 0.6 is 11.6 Å². The fourth-order valence-electron chi connectivity index (χ4n) is 4.71. The van der Waals surface area contributed by atoms with E-state index in [1.807, 2.05) is 0 Å². The van der Waals surface area contributed by atoms with Crippen LogP contribution in [-0.4, -0.2) is 54.9 Å². The maximum absolute atomic E-state index is 13.2. The van der Waals surface area contributed by atoms with Crippen molar-refractivity contribution in [3.8, 4) is 17.0 Å². The van der Waals surface area contributed by atoms with E-state index in [0.29, 0.717) is 25.7 Å². The number of rotatable bonds is 10. The number of sulfone groups is 1. The van der Waals surface area contributed by atoms with Crippen molar-refractivity contribution in [2.75, 3.05) is 12.8 Å². The molecule has 0 saturated heterocycles. The SMILES string of the molecule is CCn1nc(C(=O)NCC2CCC(S(C)(=O)=O)CC2)c(Cl)c1-c1ccc(CC(C)C(F)(F)F)cc1OC(F)F. The molecule has 1 fully saturated rings. The molecule has 218 valence electrons. The van der Waals surface area contributed by atoms with Crippen molar-refractivity contribution in [2.24, 2.45) is 11.8 Å². The normalized spacial score (nSPS) is 19.2. The molecule has 0 bridgehead atoms. The zero-order valence-corrected chi connectivity index (χ0v) is 23.3. The minimum absolute atomic E-state index is 0.0520. The summed E-state index contributed by atoms with van der Waals surface area (Å²) in [7, 11) is -3.11. The second-order valence-electron chi connectivity index (χ2n) is 9.87. The van der Waals surface area contributed by atoms with Crippen LogP contribution in [0.4, 0.5) is 22.0 Å². The molecule has 1 heterocycles. The zero-order chi connectivity index (χ0) is 29.1. The van der Waals surface area contributed by atoms with Gasteiger partial charge in [-0.05, 0) is 62.6 Å². The van der Waals surface area contributed by atoms with Crippen molar-refractivity contribution >= 4 is 27.3 Å². The van der Waals surface area contributed by atoms with Gasteiger partial charge >= 0.3 is 12.8 Å². The predicted molar refractivity (Wildman–Crippen MR) is 137 cm³/mol. The fourth-order valence-corrected chi connectivity index (χ4v) is 6.16. The fraction of sp³-hybridized carbons (Fsp3) is 0.600. The highest BCUT2D eigenvalue weighted by atomic mass is 35.5. The Morgan fingerprint density at radius 2 is 1.87 bits per heavy atom.